The molecule has 2 aromatic rings. The highest BCUT2D eigenvalue weighted by Gasteiger charge is 2.14. The predicted molar refractivity (Wildman–Crippen MR) is 66.2 cm³/mol. The Balaban J connectivity index is 2.52. The molecular formula is C12H10ClNO4. The molecule has 1 heterocycles. The van der Waals surface area contributed by atoms with E-state index in [9.17, 15) is 9.59 Å². The van der Waals surface area contributed by atoms with Crippen molar-refractivity contribution in [1.82, 2.24) is 4.98 Å². The molecule has 1 aromatic carbocycles. The normalized spacial score (nSPS) is 10.6. The monoisotopic (exact) mass is 267 g/mol. The Hall–Kier alpha value is -2.01. The number of rotatable bonds is 3. The summed E-state index contributed by atoms with van der Waals surface area (Å²) in [5, 5.41) is 9.65. The largest absolute Gasteiger partial charge is 0.478 e. The molecule has 94 valence electrons. The van der Waals surface area contributed by atoms with Gasteiger partial charge in [0.25, 0.3) is 0 Å². The van der Waals surface area contributed by atoms with Crippen LogP contribution in [0, 0.1) is 0 Å². The molecule has 2 N–H and O–H groups in total. The average Bonchev–Trinajstić information content (AvgIpc) is 2.70. The lowest BCUT2D eigenvalue weighted by Crippen LogP contribution is -2.04. The zero-order valence-corrected chi connectivity index (χ0v) is 10.2. The number of H-pyrrole nitrogens is 1. The number of nitrogens with one attached hydrogen (secondary N) is 1. The first-order valence-corrected chi connectivity index (χ1v) is 5.63. The maximum atomic E-state index is 11.5. The zero-order valence-electron chi connectivity index (χ0n) is 9.49. The summed E-state index contributed by atoms with van der Waals surface area (Å²) >= 11 is 5.83. The van der Waals surface area contributed by atoms with Crippen molar-refractivity contribution in [3.05, 3.63) is 34.5 Å². The fraction of sp³-hybridized carbons (Fsp3) is 0.167. The SMILES string of the molecule is CCOC(=O)c1cc2cc(C(=O)O)c(Cl)cc2[nH]1. The van der Waals surface area contributed by atoms with Crippen molar-refractivity contribution < 1.29 is 19.4 Å². The van der Waals surface area contributed by atoms with Crippen LogP contribution in [0.3, 0.4) is 0 Å². The van der Waals surface area contributed by atoms with Crippen LogP contribution in [0.1, 0.15) is 27.8 Å². The summed E-state index contributed by atoms with van der Waals surface area (Å²) < 4.78 is 4.85. The number of aromatic nitrogens is 1. The Morgan fingerprint density at radius 1 is 1.39 bits per heavy atom. The number of ether oxygens (including phenoxy) is 1. The van der Waals surface area contributed by atoms with Crippen LogP contribution in [0.5, 0.6) is 0 Å². The number of aromatic carboxylic acids is 1. The number of carboxylic acids is 1. The molecule has 0 radical (unpaired) electrons. The average molecular weight is 268 g/mol. The van der Waals surface area contributed by atoms with Gasteiger partial charge in [0.2, 0.25) is 0 Å². The number of carboxylic acid groups (broad SMARTS) is 1. The molecule has 0 spiro atoms. The van der Waals surface area contributed by atoms with Crippen molar-refractivity contribution in [3.8, 4) is 0 Å². The molecule has 5 nitrogen and oxygen atoms in total. The van der Waals surface area contributed by atoms with Crippen LogP contribution in [0.25, 0.3) is 10.9 Å². The lowest BCUT2D eigenvalue weighted by Gasteiger charge is -1.98. The summed E-state index contributed by atoms with van der Waals surface area (Å²) in [6.07, 6.45) is 0. The van der Waals surface area contributed by atoms with Crippen LogP contribution < -0.4 is 0 Å². The molecule has 0 aliphatic rings. The van der Waals surface area contributed by atoms with Crippen LogP contribution in [-0.4, -0.2) is 28.6 Å². The van der Waals surface area contributed by atoms with E-state index in [1.54, 1.807) is 6.92 Å². The first-order chi connectivity index (χ1) is 8.52. The Bertz CT molecular complexity index is 632. The van der Waals surface area contributed by atoms with Crippen LogP contribution in [0.4, 0.5) is 0 Å². The molecule has 0 aliphatic heterocycles. The molecule has 0 fully saturated rings. The van der Waals surface area contributed by atoms with E-state index >= 15 is 0 Å². The van der Waals surface area contributed by atoms with Gasteiger partial charge in [0.15, 0.2) is 0 Å². The lowest BCUT2D eigenvalue weighted by molar-refractivity contribution is 0.0520. The molecule has 6 heteroatoms. The minimum atomic E-state index is -1.11. The van der Waals surface area contributed by atoms with E-state index in [4.69, 9.17) is 21.4 Å². The summed E-state index contributed by atoms with van der Waals surface area (Å²) in [4.78, 5) is 25.3. The first-order valence-electron chi connectivity index (χ1n) is 5.25. The van der Waals surface area contributed by atoms with Crippen molar-refractivity contribution in [2.24, 2.45) is 0 Å². The lowest BCUT2D eigenvalue weighted by atomic mass is 10.1. The second kappa shape index (κ2) is 4.70. The molecule has 0 unspecified atom stereocenters. The van der Waals surface area contributed by atoms with Crippen LogP contribution in [-0.2, 0) is 4.74 Å². The molecule has 2 rings (SSSR count). The maximum Gasteiger partial charge on any atom is 0.354 e. The highest BCUT2D eigenvalue weighted by molar-refractivity contribution is 6.34. The van der Waals surface area contributed by atoms with Gasteiger partial charge in [-0.1, -0.05) is 11.6 Å². The minimum absolute atomic E-state index is 0.00132. The topological polar surface area (TPSA) is 79.4 Å². The number of hydrogen-bond acceptors (Lipinski definition) is 3. The van der Waals surface area contributed by atoms with E-state index < -0.39 is 11.9 Å². The van der Waals surface area contributed by atoms with Gasteiger partial charge in [-0.25, -0.2) is 9.59 Å². The van der Waals surface area contributed by atoms with Crippen LogP contribution in [0.15, 0.2) is 18.2 Å². The van der Waals surface area contributed by atoms with E-state index in [-0.39, 0.29) is 22.9 Å². The van der Waals surface area contributed by atoms with Crippen molar-refractivity contribution in [3.63, 3.8) is 0 Å². The quantitative estimate of drug-likeness (QED) is 0.838. The van der Waals surface area contributed by atoms with Crippen LogP contribution >= 0.6 is 11.6 Å². The molecule has 0 amide bonds. The third-order valence-corrected chi connectivity index (χ3v) is 2.75. The maximum absolute atomic E-state index is 11.5. The van der Waals surface area contributed by atoms with E-state index in [2.05, 4.69) is 4.98 Å². The standard InChI is InChI=1S/C12H10ClNO4/c1-2-18-12(17)10-4-6-3-7(11(15)16)8(13)5-9(6)14-10/h3-5,14H,2H2,1H3,(H,15,16). The molecular weight excluding hydrogens is 258 g/mol. The number of benzene rings is 1. The van der Waals surface area contributed by atoms with Gasteiger partial charge in [-0.2, -0.15) is 0 Å². The number of fused-ring (bicyclic) bond motifs is 1. The van der Waals surface area contributed by atoms with Crippen molar-refractivity contribution >= 4 is 34.4 Å². The van der Waals surface area contributed by atoms with Gasteiger partial charge < -0.3 is 14.8 Å². The summed E-state index contributed by atoms with van der Waals surface area (Å²) in [6.45, 7) is 1.98. The van der Waals surface area contributed by atoms with Gasteiger partial charge in [-0.05, 0) is 25.1 Å². The Morgan fingerprint density at radius 2 is 2.11 bits per heavy atom. The number of carbonyl (C=O) groups excluding carboxylic acids is 1. The zero-order chi connectivity index (χ0) is 13.3. The second-order valence-electron chi connectivity index (χ2n) is 3.63. The Morgan fingerprint density at radius 3 is 2.72 bits per heavy atom. The van der Waals surface area contributed by atoms with Gasteiger partial charge in [0.05, 0.1) is 17.2 Å². The Labute approximate surface area is 107 Å². The highest BCUT2D eigenvalue weighted by atomic mass is 35.5. The van der Waals surface area contributed by atoms with E-state index in [0.29, 0.717) is 10.9 Å². The third kappa shape index (κ3) is 2.17. The van der Waals surface area contributed by atoms with Gasteiger partial charge in [0.1, 0.15) is 5.69 Å². The molecule has 0 saturated heterocycles. The molecule has 0 saturated carbocycles. The summed E-state index contributed by atoms with van der Waals surface area (Å²) in [5.74, 6) is -1.59. The number of aromatic amines is 1. The van der Waals surface area contributed by atoms with E-state index in [0.717, 1.165) is 0 Å². The molecule has 0 bridgehead atoms. The number of hydrogen-bond donors (Lipinski definition) is 2. The van der Waals surface area contributed by atoms with E-state index in [1.807, 2.05) is 0 Å². The summed E-state index contributed by atoms with van der Waals surface area (Å²) in [5.41, 5.74) is 0.858. The molecule has 18 heavy (non-hydrogen) atoms. The van der Waals surface area contributed by atoms with E-state index in [1.165, 1.54) is 18.2 Å². The van der Waals surface area contributed by atoms with Crippen molar-refractivity contribution in [1.29, 1.82) is 0 Å². The minimum Gasteiger partial charge on any atom is -0.478 e. The number of halogens is 1. The van der Waals surface area contributed by atoms with Gasteiger partial charge >= 0.3 is 11.9 Å². The third-order valence-electron chi connectivity index (χ3n) is 2.43. The molecule has 0 atom stereocenters. The fourth-order valence-electron chi connectivity index (χ4n) is 1.64. The second-order valence-corrected chi connectivity index (χ2v) is 4.04. The smallest absolute Gasteiger partial charge is 0.354 e. The van der Waals surface area contributed by atoms with Crippen LogP contribution in [0.2, 0.25) is 5.02 Å². The fourth-order valence-corrected chi connectivity index (χ4v) is 1.88. The van der Waals surface area contributed by atoms with Crippen molar-refractivity contribution in [2.45, 2.75) is 6.92 Å². The predicted octanol–water partition coefficient (Wildman–Crippen LogP) is 2.70. The summed E-state index contributed by atoms with van der Waals surface area (Å²) in [6, 6.07) is 4.43. The number of carbonyl (C=O) groups is 2. The molecule has 0 aliphatic carbocycles. The van der Waals surface area contributed by atoms with Crippen molar-refractivity contribution in [2.75, 3.05) is 6.61 Å². The molecule has 1 aromatic heterocycles. The highest BCUT2D eigenvalue weighted by Crippen LogP contribution is 2.24. The first kappa shape index (κ1) is 12.4. The summed E-state index contributed by atoms with van der Waals surface area (Å²) in [7, 11) is 0. The van der Waals surface area contributed by atoms with Gasteiger partial charge in [-0.15, -0.1) is 0 Å². The number of esters is 1. The Kier molecular flexibility index (Phi) is 3.25. The van der Waals surface area contributed by atoms with Gasteiger partial charge in [-0.3, -0.25) is 0 Å². The van der Waals surface area contributed by atoms with Gasteiger partial charge in [0, 0.05) is 10.9 Å².